The van der Waals surface area contributed by atoms with Crippen molar-refractivity contribution >= 4 is 22.7 Å². The van der Waals surface area contributed by atoms with Crippen LogP contribution >= 0.6 is 0 Å². The van der Waals surface area contributed by atoms with Crippen LogP contribution in [0.5, 0.6) is 0 Å². The van der Waals surface area contributed by atoms with E-state index >= 15 is 0 Å². The zero-order chi connectivity index (χ0) is 17.8. The number of fused-ring (bicyclic) bond motifs is 3. The number of hydrazine groups is 1. The minimum Gasteiger partial charge on any atom is -0.357 e. The van der Waals surface area contributed by atoms with Crippen LogP contribution in [0.15, 0.2) is 24.3 Å². The van der Waals surface area contributed by atoms with E-state index in [0.717, 1.165) is 35.9 Å². The van der Waals surface area contributed by atoms with E-state index in [1.54, 1.807) is 0 Å². The third-order valence-electron chi connectivity index (χ3n) is 4.79. The van der Waals surface area contributed by atoms with E-state index in [4.69, 9.17) is 0 Å². The lowest BCUT2D eigenvalue weighted by Crippen LogP contribution is -2.53. The van der Waals surface area contributed by atoms with Gasteiger partial charge in [-0.1, -0.05) is 38.0 Å². The standard InChI is InChI=1S/C19H26N4O2/c1-3-4-5-10-17(24)22-23-19(25)16-11-14-13-8-6-7-9-15(13)21-18(14)12(2)20-16/h6-9,12,16,20-21H,3-5,10-11H2,1-2H3,(H,22,24)(H,23,25). The lowest BCUT2D eigenvalue weighted by Gasteiger charge is -2.28. The van der Waals surface area contributed by atoms with Gasteiger partial charge in [0.1, 0.15) is 0 Å². The first-order chi connectivity index (χ1) is 12.1. The van der Waals surface area contributed by atoms with E-state index in [-0.39, 0.29) is 23.9 Å². The monoisotopic (exact) mass is 342 g/mol. The Morgan fingerprint density at radius 3 is 2.80 bits per heavy atom. The molecule has 25 heavy (non-hydrogen) atoms. The Balaban J connectivity index is 1.62. The Hall–Kier alpha value is -2.34. The van der Waals surface area contributed by atoms with E-state index in [1.165, 1.54) is 5.56 Å². The van der Waals surface area contributed by atoms with Crippen LogP contribution in [0.2, 0.25) is 0 Å². The molecule has 6 heteroatoms. The molecule has 1 aromatic heterocycles. The topological polar surface area (TPSA) is 86.0 Å². The number of carbonyl (C=O) groups is 2. The van der Waals surface area contributed by atoms with Gasteiger partial charge in [-0.05, 0) is 31.4 Å². The molecule has 0 radical (unpaired) electrons. The zero-order valence-electron chi connectivity index (χ0n) is 14.8. The summed E-state index contributed by atoms with van der Waals surface area (Å²) in [5, 5.41) is 4.47. The largest absolute Gasteiger partial charge is 0.357 e. The highest BCUT2D eigenvalue weighted by Gasteiger charge is 2.31. The van der Waals surface area contributed by atoms with Gasteiger partial charge in [0, 0.05) is 29.1 Å². The van der Waals surface area contributed by atoms with Crippen molar-refractivity contribution in [2.24, 2.45) is 0 Å². The summed E-state index contributed by atoms with van der Waals surface area (Å²) in [4.78, 5) is 27.6. The van der Waals surface area contributed by atoms with E-state index in [9.17, 15) is 9.59 Å². The molecule has 0 bridgehead atoms. The second-order valence-corrected chi connectivity index (χ2v) is 6.70. The number of benzene rings is 1. The van der Waals surface area contributed by atoms with Crippen molar-refractivity contribution in [3.8, 4) is 0 Å². The summed E-state index contributed by atoms with van der Waals surface area (Å²) in [5.74, 6) is -0.343. The normalized spacial score (nSPS) is 19.4. The van der Waals surface area contributed by atoms with Crippen molar-refractivity contribution in [1.82, 2.24) is 21.2 Å². The lowest BCUT2D eigenvalue weighted by molar-refractivity contribution is -0.130. The fourth-order valence-corrected chi connectivity index (χ4v) is 3.44. The maximum Gasteiger partial charge on any atom is 0.255 e. The molecule has 1 aliphatic heterocycles. The van der Waals surface area contributed by atoms with E-state index in [2.05, 4.69) is 34.1 Å². The van der Waals surface area contributed by atoms with Gasteiger partial charge in [0.2, 0.25) is 5.91 Å². The number of nitrogens with one attached hydrogen (secondary N) is 4. The molecule has 2 heterocycles. The molecule has 134 valence electrons. The summed E-state index contributed by atoms with van der Waals surface area (Å²) in [5.41, 5.74) is 8.48. The highest BCUT2D eigenvalue weighted by Crippen LogP contribution is 2.31. The third kappa shape index (κ3) is 3.85. The van der Waals surface area contributed by atoms with Gasteiger partial charge in [0.15, 0.2) is 0 Å². The Kier molecular flexibility index (Phi) is 5.38. The van der Waals surface area contributed by atoms with E-state index < -0.39 is 0 Å². The molecule has 0 saturated carbocycles. The molecule has 2 amide bonds. The predicted octanol–water partition coefficient (Wildman–Crippen LogP) is 2.47. The van der Waals surface area contributed by atoms with Gasteiger partial charge < -0.3 is 4.98 Å². The number of amides is 2. The molecular formula is C19H26N4O2. The molecule has 6 nitrogen and oxygen atoms in total. The minimum absolute atomic E-state index is 0.0483. The average Bonchev–Trinajstić information content (AvgIpc) is 2.99. The van der Waals surface area contributed by atoms with Gasteiger partial charge >= 0.3 is 0 Å². The van der Waals surface area contributed by atoms with Crippen molar-refractivity contribution < 1.29 is 9.59 Å². The van der Waals surface area contributed by atoms with Crippen LogP contribution < -0.4 is 16.2 Å². The van der Waals surface area contributed by atoms with E-state index in [0.29, 0.717) is 12.8 Å². The zero-order valence-corrected chi connectivity index (χ0v) is 14.8. The number of rotatable bonds is 5. The van der Waals surface area contributed by atoms with Crippen molar-refractivity contribution in [3.05, 3.63) is 35.5 Å². The van der Waals surface area contributed by atoms with Gasteiger partial charge in [-0.2, -0.15) is 0 Å². The number of aromatic nitrogens is 1. The van der Waals surface area contributed by atoms with Gasteiger partial charge in [0.25, 0.3) is 5.91 Å². The number of para-hydroxylation sites is 1. The molecule has 3 rings (SSSR count). The Morgan fingerprint density at radius 2 is 2.00 bits per heavy atom. The first-order valence-corrected chi connectivity index (χ1v) is 9.04. The summed E-state index contributed by atoms with van der Waals surface area (Å²) in [6.45, 7) is 4.13. The summed E-state index contributed by atoms with van der Waals surface area (Å²) >= 11 is 0. The highest BCUT2D eigenvalue weighted by atomic mass is 16.2. The number of aromatic amines is 1. The Labute approximate surface area is 147 Å². The molecule has 2 atom stereocenters. The second-order valence-electron chi connectivity index (χ2n) is 6.70. The van der Waals surface area contributed by atoms with Crippen molar-refractivity contribution in [3.63, 3.8) is 0 Å². The van der Waals surface area contributed by atoms with E-state index in [1.807, 2.05) is 25.1 Å². The molecule has 0 spiro atoms. The maximum absolute atomic E-state index is 12.4. The van der Waals surface area contributed by atoms with Crippen LogP contribution in [0.1, 0.15) is 56.8 Å². The summed E-state index contributed by atoms with van der Waals surface area (Å²) in [6.07, 6.45) is 3.97. The Bertz CT molecular complexity index is 768. The second kappa shape index (κ2) is 7.70. The van der Waals surface area contributed by atoms with Crippen LogP contribution in [0.25, 0.3) is 10.9 Å². The fourth-order valence-electron chi connectivity index (χ4n) is 3.44. The third-order valence-corrected chi connectivity index (χ3v) is 4.79. The highest BCUT2D eigenvalue weighted by molar-refractivity contribution is 5.89. The lowest BCUT2D eigenvalue weighted by atomic mass is 9.94. The molecule has 4 N–H and O–H groups in total. The summed E-state index contributed by atoms with van der Waals surface area (Å²) < 4.78 is 0. The van der Waals surface area contributed by atoms with Crippen LogP contribution in [0, 0.1) is 0 Å². The number of carbonyl (C=O) groups excluding carboxylic acids is 2. The summed E-state index contributed by atoms with van der Waals surface area (Å²) in [7, 11) is 0. The molecule has 0 fully saturated rings. The molecule has 1 aromatic carbocycles. The predicted molar refractivity (Wildman–Crippen MR) is 97.8 cm³/mol. The van der Waals surface area contributed by atoms with Crippen molar-refractivity contribution in [1.29, 1.82) is 0 Å². The molecule has 1 aliphatic rings. The minimum atomic E-state index is -0.363. The smallest absolute Gasteiger partial charge is 0.255 e. The van der Waals surface area contributed by atoms with Gasteiger partial charge in [-0.25, -0.2) is 0 Å². The molecule has 0 saturated heterocycles. The number of hydrogen-bond acceptors (Lipinski definition) is 3. The van der Waals surface area contributed by atoms with Gasteiger partial charge in [-0.3, -0.25) is 25.8 Å². The Morgan fingerprint density at radius 1 is 1.20 bits per heavy atom. The number of hydrogen-bond donors (Lipinski definition) is 4. The average molecular weight is 342 g/mol. The van der Waals surface area contributed by atoms with Crippen LogP contribution in [-0.4, -0.2) is 22.8 Å². The first-order valence-electron chi connectivity index (χ1n) is 9.04. The fraction of sp³-hybridized carbons (Fsp3) is 0.474. The van der Waals surface area contributed by atoms with Gasteiger partial charge in [0.05, 0.1) is 6.04 Å². The first kappa shape index (κ1) is 17.5. The SMILES string of the molecule is CCCCCC(=O)NNC(=O)C1Cc2c([nH]c3ccccc23)C(C)N1. The maximum atomic E-state index is 12.4. The quantitative estimate of drug-likeness (QED) is 0.497. The summed E-state index contributed by atoms with van der Waals surface area (Å²) in [6, 6.07) is 7.82. The number of unbranched alkanes of at least 4 members (excludes halogenated alkanes) is 2. The molecule has 2 unspecified atom stereocenters. The van der Waals surface area contributed by atoms with Crippen LogP contribution in [-0.2, 0) is 16.0 Å². The number of H-pyrrole nitrogens is 1. The van der Waals surface area contributed by atoms with Crippen LogP contribution in [0.3, 0.4) is 0 Å². The molecular weight excluding hydrogens is 316 g/mol. The molecule has 0 aliphatic carbocycles. The van der Waals surface area contributed by atoms with Gasteiger partial charge in [-0.15, -0.1) is 0 Å². The van der Waals surface area contributed by atoms with Crippen molar-refractivity contribution in [2.45, 2.75) is 58.0 Å². The van der Waals surface area contributed by atoms with Crippen LogP contribution in [0.4, 0.5) is 0 Å². The van der Waals surface area contributed by atoms with Crippen molar-refractivity contribution in [2.75, 3.05) is 0 Å². The molecule has 2 aromatic rings.